The van der Waals surface area contributed by atoms with Crippen LogP contribution in [0, 0.1) is 17.0 Å². The number of furan rings is 1. The van der Waals surface area contributed by atoms with Crippen molar-refractivity contribution in [2.45, 2.75) is 6.92 Å². The van der Waals surface area contributed by atoms with Crippen molar-refractivity contribution in [2.24, 2.45) is 0 Å². The van der Waals surface area contributed by atoms with Gasteiger partial charge in [-0.15, -0.1) is 0 Å². The summed E-state index contributed by atoms with van der Waals surface area (Å²) in [6, 6.07) is 13.8. The Morgan fingerprint density at radius 2 is 1.91 bits per heavy atom. The number of non-ortho nitro benzene ring substituents is 1. The maximum Gasteiger partial charge on any atom is 0.335 e. The van der Waals surface area contributed by atoms with Crippen molar-refractivity contribution in [1.29, 1.82) is 0 Å². The molecule has 1 N–H and O–H groups in total. The monoisotopic (exact) mass is 466 g/mol. The van der Waals surface area contributed by atoms with Gasteiger partial charge >= 0.3 is 5.97 Å². The second kappa shape index (κ2) is 8.40. The third-order valence-electron chi connectivity index (χ3n) is 4.75. The van der Waals surface area contributed by atoms with Crippen LogP contribution in [0.1, 0.15) is 21.7 Å². The summed E-state index contributed by atoms with van der Waals surface area (Å²) in [6.07, 6.45) is 1.58. The van der Waals surface area contributed by atoms with Gasteiger partial charge in [0.1, 0.15) is 11.5 Å². The van der Waals surface area contributed by atoms with E-state index in [1.807, 2.05) is 0 Å². The molecule has 3 aromatic rings. The highest BCUT2D eigenvalue weighted by atomic mass is 32.2. The zero-order valence-electron chi connectivity index (χ0n) is 16.5. The fourth-order valence-electron chi connectivity index (χ4n) is 3.19. The Bertz CT molecular complexity index is 1310. The maximum atomic E-state index is 12.9. The van der Waals surface area contributed by atoms with Gasteiger partial charge in [0, 0.05) is 23.8 Å². The van der Waals surface area contributed by atoms with Crippen LogP contribution in [0.4, 0.5) is 11.4 Å². The molecule has 0 bridgehead atoms. The van der Waals surface area contributed by atoms with Gasteiger partial charge in [0.25, 0.3) is 11.6 Å². The molecule has 160 valence electrons. The van der Waals surface area contributed by atoms with E-state index in [0.29, 0.717) is 26.4 Å². The Balaban J connectivity index is 1.58. The number of hydrogen-bond acceptors (Lipinski definition) is 7. The second-order valence-electron chi connectivity index (χ2n) is 6.83. The van der Waals surface area contributed by atoms with Crippen molar-refractivity contribution >= 4 is 57.6 Å². The van der Waals surface area contributed by atoms with Gasteiger partial charge in [-0.05, 0) is 48.9 Å². The number of amides is 1. The van der Waals surface area contributed by atoms with Gasteiger partial charge in [-0.3, -0.25) is 19.8 Å². The molecule has 0 atom stereocenters. The van der Waals surface area contributed by atoms with E-state index in [1.54, 1.807) is 37.3 Å². The molecule has 8 nitrogen and oxygen atoms in total. The number of carboxylic acid groups (broad SMARTS) is 1. The summed E-state index contributed by atoms with van der Waals surface area (Å²) < 4.78 is 6.16. The smallest absolute Gasteiger partial charge is 0.335 e. The number of nitro groups is 1. The first-order chi connectivity index (χ1) is 15.2. The lowest BCUT2D eigenvalue weighted by molar-refractivity contribution is -0.384. The number of thioether (sulfide) groups is 1. The topological polar surface area (TPSA) is 114 Å². The summed E-state index contributed by atoms with van der Waals surface area (Å²) in [4.78, 5) is 36.0. The van der Waals surface area contributed by atoms with Crippen molar-refractivity contribution in [3.05, 3.63) is 86.5 Å². The molecule has 0 unspecified atom stereocenters. The molecule has 1 amide bonds. The van der Waals surface area contributed by atoms with Crippen molar-refractivity contribution in [1.82, 2.24) is 0 Å². The number of carboxylic acids is 1. The molecular weight excluding hydrogens is 452 g/mol. The van der Waals surface area contributed by atoms with Crippen molar-refractivity contribution in [3.8, 4) is 11.3 Å². The normalized spacial score (nSPS) is 14.9. The van der Waals surface area contributed by atoms with E-state index in [0.717, 1.165) is 22.9 Å². The van der Waals surface area contributed by atoms with Crippen LogP contribution >= 0.6 is 24.0 Å². The molecule has 10 heteroatoms. The SMILES string of the molecule is Cc1cc(C(=O)O)ccc1-c1ccc(/C=C2/SC(=S)N(c3ccc([N+](=O)[O-])cc3)C2=O)o1. The molecule has 1 saturated heterocycles. The minimum atomic E-state index is -1.00. The number of carbonyl (C=O) groups is 2. The van der Waals surface area contributed by atoms with Gasteiger partial charge in [-0.2, -0.15) is 0 Å². The summed E-state index contributed by atoms with van der Waals surface area (Å²) in [5, 5.41) is 20.0. The fourth-order valence-corrected chi connectivity index (χ4v) is 4.47. The lowest BCUT2D eigenvalue weighted by Crippen LogP contribution is -2.27. The highest BCUT2D eigenvalue weighted by Crippen LogP contribution is 2.37. The van der Waals surface area contributed by atoms with Gasteiger partial charge in [0.2, 0.25) is 0 Å². The summed E-state index contributed by atoms with van der Waals surface area (Å²) in [6.45, 7) is 1.79. The van der Waals surface area contributed by atoms with Crippen LogP contribution in [-0.4, -0.2) is 26.2 Å². The van der Waals surface area contributed by atoms with Crippen LogP contribution < -0.4 is 4.90 Å². The summed E-state index contributed by atoms with van der Waals surface area (Å²) >= 11 is 6.43. The van der Waals surface area contributed by atoms with Gasteiger partial charge < -0.3 is 9.52 Å². The molecule has 1 aliphatic heterocycles. The average molecular weight is 466 g/mol. The summed E-state index contributed by atoms with van der Waals surface area (Å²) in [7, 11) is 0. The van der Waals surface area contributed by atoms with E-state index in [1.165, 1.54) is 35.2 Å². The Morgan fingerprint density at radius 1 is 1.19 bits per heavy atom. The lowest BCUT2D eigenvalue weighted by atomic mass is 10.0. The lowest BCUT2D eigenvalue weighted by Gasteiger charge is -2.13. The Kier molecular flexibility index (Phi) is 5.64. The van der Waals surface area contributed by atoms with Crippen molar-refractivity contribution in [2.75, 3.05) is 4.90 Å². The van der Waals surface area contributed by atoms with E-state index in [9.17, 15) is 19.7 Å². The number of nitro benzene ring substituents is 1. The van der Waals surface area contributed by atoms with E-state index in [-0.39, 0.29) is 17.2 Å². The maximum absolute atomic E-state index is 12.9. The van der Waals surface area contributed by atoms with Gasteiger partial charge in [-0.1, -0.05) is 30.0 Å². The van der Waals surface area contributed by atoms with Crippen LogP contribution in [0.3, 0.4) is 0 Å². The first-order valence-electron chi connectivity index (χ1n) is 9.21. The number of carbonyl (C=O) groups excluding carboxylic acids is 1. The average Bonchev–Trinajstić information content (AvgIpc) is 3.32. The predicted molar refractivity (Wildman–Crippen MR) is 125 cm³/mol. The van der Waals surface area contributed by atoms with Crippen LogP contribution in [0.5, 0.6) is 0 Å². The molecule has 4 rings (SSSR count). The molecule has 0 saturated carbocycles. The number of thiocarbonyl (C=S) groups is 1. The highest BCUT2D eigenvalue weighted by molar-refractivity contribution is 8.27. The molecule has 0 radical (unpaired) electrons. The number of benzene rings is 2. The molecule has 1 fully saturated rings. The Morgan fingerprint density at radius 3 is 2.53 bits per heavy atom. The summed E-state index contributed by atoms with van der Waals surface area (Å²) in [5.74, 6) is -0.383. The van der Waals surface area contributed by atoms with Crippen molar-refractivity contribution in [3.63, 3.8) is 0 Å². The zero-order valence-corrected chi connectivity index (χ0v) is 18.1. The molecule has 2 heterocycles. The number of aryl methyl sites for hydroxylation is 1. The molecular formula is C22H14N2O6S2. The number of anilines is 1. The van der Waals surface area contributed by atoms with Crippen LogP contribution in [0.15, 0.2) is 63.9 Å². The third-order valence-corrected chi connectivity index (χ3v) is 6.05. The van der Waals surface area contributed by atoms with E-state index in [2.05, 4.69) is 0 Å². The highest BCUT2D eigenvalue weighted by Gasteiger charge is 2.33. The Labute approximate surface area is 191 Å². The van der Waals surface area contributed by atoms with Crippen LogP contribution in [0.25, 0.3) is 17.4 Å². The quantitative estimate of drug-likeness (QED) is 0.234. The summed E-state index contributed by atoms with van der Waals surface area (Å²) in [5.41, 5.74) is 2.04. The minimum Gasteiger partial charge on any atom is -0.478 e. The second-order valence-corrected chi connectivity index (χ2v) is 8.50. The van der Waals surface area contributed by atoms with Crippen molar-refractivity contribution < 1.29 is 24.0 Å². The van der Waals surface area contributed by atoms with E-state index in [4.69, 9.17) is 21.7 Å². The number of aromatic carboxylic acids is 1. The predicted octanol–water partition coefficient (Wildman–Crippen LogP) is 5.27. The van der Waals surface area contributed by atoms with Gasteiger partial charge in [-0.25, -0.2) is 4.79 Å². The largest absolute Gasteiger partial charge is 0.478 e. The molecule has 0 aliphatic carbocycles. The van der Waals surface area contributed by atoms with E-state index >= 15 is 0 Å². The number of rotatable bonds is 5. The molecule has 2 aromatic carbocycles. The third kappa shape index (κ3) is 4.05. The van der Waals surface area contributed by atoms with E-state index < -0.39 is 10.9 Å². The number of hydrogen-bond donors (Lipinski definition) is 1. The van der Waals surface area contributed by atoms with Gasteiger partial charge in [0.05, 0.1) is 21.1 Å². The van der Waals surface area contributed by atoms with Crippen LogP contribution in [-0.2, 0) is 4.79 Å². The molecule has 0 spiro atoms. The number of nitrogens with zero attached hydrogens (tertiary/aromatic N) is 2. The molecule has 32 heavy (non-hydrogen) atoms. The van der Waals surface area contributed by atoms with Gasteiger partial charge in [0.15, 0.2) is 4.32 Å². The Hall–Kier alpha value is -3.76. The van der Waals surface area contributed by atoms with Crippen LogP contribution in [0.2, 0.25) is 0 Å². The standard InChI is InChI=1S/C22H14N2O6S2/c1-12-10-13(21(26)27)2-8-17(12)18-9-7-16(30-18)11-19-20(25)23(22(31)32-19)14-3-5-15(6-4-14)24(28)29/h2-11H,1H3,(H,26,27)/b19-11+. The first-order valence-corrected chi connectivity index (χ1v) is 10.4. The minimum absolute atomic E-state index is 0.0791. The zero-order chi connectivity index (χ0) is 23.0. The fraction of sp³-hybridized carbons (Fsp3) is 0.0455. The first kappa shape index (κ1) is 21.5. The molecule has 1 aliphatic rings. The molecule has 1 aromatic heterocycles.